The number of hydrogen-bond acceptors (Lipinski definition) is 3. The van der Waals surface area contributed by atoms with Crippen molar-refractivity contribution in [3.8, 4) is 0 Å². The van der Waals surface area contributed by atoms with Crippen LogP contribution in [0.1, 0.15) is 6.92 Å². The molecule has 5 heteroatoms. The van der Waals surface area contributed by atoms with Gasteiger partial charge in [0.25, 0.3) is 0 Å². The third kappa shape index (κ3) is 3.43. The Morgan fingerprint density at radius 3 is 2.38 bits per heavy atom. The lowest BCUT2D eigenvalue weighted by Crippen LogP contribution is -2.30. The van der Waals surface area contributed by atoms with Crippen molar-refractivity contribution in [2.75, 3.05) is 31.3 Å². The highest BCUT2D eigenvalue weighted by molar-refractivity contribution is 5.88. The van der Waals surface area contributed by atoms with E-state index in [-0.39, 0.29) is 6.03 Å². The van der Waals surface area contributed by atoms with Gasteiger partial charge in [-0.05, 0) is 31.2 Å². The summed E-state index contributed by atoms with van der Waals surface area (Å²) in [7, 11) is 2.98. The predicted octanol–water partition coefficient (Wildman–Crippen LogP) is 2.14. The van der Waals surface area contributed by atoms with Gasteiger partial charge in [-0.1, -0.05) is 0 Å². The fraction of sp³-hybridized carbons (Fsp3) is 0.364. The van der Waals surface area contributed by atoms with E-state index in [1.54, 1.807) is 7.05 Å². The lowest BCUT2D eigenvalue weighted by Gasteiger charge is -2.14. The number of urea groups is 1. The van der Waals surface area contributed by atoms with Gasteiger partial charge in [-0.3, -0.25) is 4.84 Å². The van der Waals surface area contributed by atoms with Crippen molar-refractivity contribution >= 4 is 17.4 Å². The van der Waals surface area contributed by atoms with Crippen LogP contribution in [-0.4, -0.2) is 31.8 Å². The molecule has 0 aliphatic rings. The molecule has 2 N–H and O–H groups in total. The number of benzene rings is 1. The molecule has 0 aliphatic heterocycles. The number of nitrogens with zero attached hydrogens (tertiary/aromatic N) is 1. The summed E-state index contributed by atoms with van der Waals surface area (Å²) in [4.78, 5) is 16.2. The molecule has 0 saturated heterocycles. The van der Waals surface area contributed by atoms with Gasteiger partial charge in [0.15, 0.2) is 0 Å². The van der Waals surface area contributed by atoms with Crippen molar-refractivity contribution in [1.29, 1.82) is 0 Å². The van der Waals surface area contributed by atoms with E-state index in [2.05, 4.69) is 10.6 Å². The number of anilines is 2. The fourth-order valence-electron chi connectivity index (χ4n) is 1.16. The molecule has 1 aromatic rings. The van der Waals surface area contributed by atoms with Crippen LogP contribution < -0.4 is 10.6 Å². The van der Waals surface area contributed by atoms with E-state index in [1.165, 1.54) is 7.11 Å². The number of amides is 2. The molecule has 0 spiro atoms. The Hall–Kier alpha value is -1.75. The van der Waals surface area contributed by atoms with Crippen LogP contribution in [0, 0.1) is 0 Å². The molecule has 0 aromatic heterocycles. The van der Waals surface area contributed by atoms with Crippen LogP contribution in [0.3, 0.4) is 0 Å². The van der Waals surface area contributed by atoms with Gasteiger partial charge < -0.3 is 10.6 Å². The number of nitrogens with one attached hydrogen (secondary N) is 2. The molecule has 88 valence electrons. The first kappa shape index (κ1) is 12.3. The maximum Gasteiger partial charge on any atom is 0.345 e. The van der Waals surface area contributed by atoms with Gasteiger partial charge in [0.05, 0.1) is 7.11 Å². The average molecular weight is 223 g/mol. The summed E-state index contributed by atoms with van der Waals surface area (Å²) in [6, 6.07) is 7.18. The van der Waals surface area contributed by atoms with Gasteiger partial charge in [0, 0.05) is 25.0 Å². The van der Waals surface area contributed by atoms with Crippen molar-refractivity contribution in [3.05, 3.63) is 24.3 Å². The Morgan fingerprint density at radius 1 is 1.31 bits per heavy atom. The van der Waals surface area contributed by atoms with Crippen LogP contribution in [0.4, 0.5) is 16.2 Å². The van der Waals surface area contributed by atoms with Gasteiger partial charge in [-0.2, -0.15) is 0 Å². The summed E-state index contributed by atoms with van der Waals surface area (Å²) in [6.07, 6.45) is 0. The largest absolute Gasteiger partial charge is 0.385 e. The van der Waals surface area contributed by atoms with Crippen LogP contribution >= 0.6 is 0 Å². The monoisotopic (exact) mass is 223 g/mol. The lowest BCUT2D eigenvalue weighted by atomic mass is 10.3. The Kier molecular flexibility index (Phi) is 4.60. The topological polar surface area (TPSA) is 53.6 Å². The molecule has 0 atom stereocenters. The molecule has 0 fully saturated rings. The normalized spacial score (nSPS) is 9.69. The zero-order chi connectivity index (χ0) is 12.0. The molecule has 0 radical (unpaired) electrons. The van der Waals surface area contributed by atoms with E-state index >= 15 is 0 Å². The van der Waals surface area contributed by atoms with E-state index in [0.717, 1.165) is 23.0 Å². The van der Waals surface area contributed by atoms with Crippen LogP contribution in [0.5, 0.6) is 0 Å². The van der Waals surface area contributed by atoms with Crippen LogP contribution in [0.15, 0.2) is 24.3 Å². The van der Waals surface area contributed by atoms with Crippen molar-refractivity contribution in [3.63, 3.8) is 0 Å². The maximum atomic E-state index is 11.4. The zero-order valence-corrected chi connectivity index (χ0v) is 9.78. The van der Waals surface area contributed by atoms with Gasteiger partial charge in [0.1, 0.15) is 0 Å². The first-order valence-corrected chi connectivity index (χ1v) is 5.10. The SMILES string of the molecule is CCNc1ccc(NC(=O)N(C)OC)cc1. The molecule has 0 bridgehead atoms. The van der Waals surface area contributed by atoms with Gasteiger partial charge in [-0.15, -0.1) is 0 Å². The first-order chi connectivity index (χ1) is 7.67. The third-order valence-corrected chi connectivity index (χ3v) is 2.08. The second kappa shape index (κ2) is 5.97. The highest BCUT2D eigenvalue weighted by atomic mass is 16.7. The third-order valence-electron chi connectivity index (χ3n) is 2.08. The summed E-state index contributed by atoms with van der Waals surface area (Å²) < 4.78 is 0. The summed E-state index contributed by atoms with van der Waals surface area (Å²) in [5.41, 5.74) is 1.76. The minimum Gasteiger partial charge on any atom is -0.385 e. The number of rotatable bonds is 4. The number of carbonyl (C=O) groups is 1. The first-order valence-electron chi connectivity index (χ1n) is 5.10. The second-order valence-electron chi connectivity index (χ2n) is 3.22. The van der Waals surface area contributed by atoms with Gasteiger partial charge in [-0.25, -0.2) is 9.86 Å². The summed E-state index contributed by atoms with van der Waals surface area (Å²) in [6.45, 7) is 2.90. The predicted molar refractivity (Wildman–Crippen MR) is 64.4 cm³/mol. The second-order valence-corrected chi connectivity index (χ2v) is 3.22. The number of hydroxylamine groups is 2. The van der Waals surface area contributed by atoms with Gasteiger partial charge >= 0.3 is 6.03 Å². The minimum atomic E-state index is -0.307. The van der Waals surface area contributed by atoms with Crippen molar-refractivity contribution in [2.24, 2.45) is 0 Å². The highest BCUT2D eigenvalue weighted by Gasteiger charge is 2.06. The van der Waals surface area contributed by atoms with Crippen molar-refractivity contribution in [1.82, 2.24) is 5.06 Å². The van der Waals surface area contributed by atoms with Crippen molar-refractivity contribution in [2.45, 2.75) is 6.92 Å². The molecule has 0 heterocycles. The average Bonchev–Trinajstić information content (AvgIpc) is 2.31. The minimum absolute atomic E-state index is 0.307. The van der Waals surface area contributed by atoms with Gasteiger partial charge in [0.2, 0.25) is 0 Å². The van der Waals surface area contributed by atoms with E-state index in [0.29, 0.717) is 0 Å². The molecular weight excluding hydrogens is 206 g/mol. The molecule has 0 unspecified atom stereocenters. The molecule has 2 amide bonds. The molecule has 0 aliphatic carbocycles. The van der Waals surface area contributed by atoms with Crippen LogP contribution in [-0.2, 0) is 4.84 Å². The molecule has 16 heavy (non-hydrogen) atoms. The molecule has 0 saturated carbocycles. The summed E-state index contributed by atoms with van der Waals surface area (Å²) >= 11 is 0. The maximum absolute atomic E-state index is 11.4. The van der Waals surface area contributed by atoms with E-state index in [9.17, 15) is 4.79 Å². The van der Waals surface area contributed by atoms with Crippen LogP contribution in [0.25, 0.3) is 0 Å². The Balaban J connectivity index is 2.58. The Bertz CT molecular complexity index is 338. The molecule has 1 rings (SSSR count). The molecule has 5 nitrogen and oxygen atoms in total. The summed E-state index contributed by atoms with van der Waals surface area (Å²) in [5, 5.41) is 6.99. The van der Waals surface area contributed by atoms with Crippen molar-refractivity contribution < 1.29 is 9.63 Å². The van der Waals surface area contributed by atoms with Crippen LogP contribution in [0.2, 0.25) is 0 Å². The quantitative estimate of drug-likeness (QED) is 0.769. The number of hydrogen-bond donors (Lipinski definition) is 2. The number of carbonyl (C=O) groups excluding carboxylic acids is 1. The van der Waals surface area contributed by atoms with E-state index < -0.39 is 0 Å². The van der Waals surface area contributed by atoms with E-state index in [4.69, 9.17) is 4.84 Å². The summed E-state index contributed by atoms with van der Waals surface area (Å²) in [5.74, 6) is 0. The smallest absolute Gasteiger partial charge is 0.345 e. The molecule has 1 aromatic carbocycles. The zero-order valence-electron chi connectivity index (χ0n) is 9.78. The molecular formula is C11H17N3O2. The standard InChI is InChI=1S/C11H17N3O2/c1-4-12-9-5-7-10(8-6-9)13-11(15)14(2)16-3/h5-8,12H,4H2,1-3H3,(H,13,15). The Labute approximate surface area is 95.3 Å². The lowest BCUT2D eigenvalue weighted by molar-refractivity contribution is -0.0598. The van der Waals surface area contributed by atoms with E-state index in [1.807, 2.05) is 31.2 Å². The highest BCUT2D eigenvalue weighted by Crippen LogP contribution is 2.13. The Morgan fingerprint density at radius 2 is 1.88 bits per heavy atom. The fourth-order valence-corrected chi connectivity index (χ4v) is 1.16.